The molecule has 51 heteroatoms. The first-order valence-corrected chi connectivity index (χ1v) is 57.0. The van der Waals surface area contributed by atoms with Crippen LogP contribution in [-0.4, -0.2) is 286 Å². The van der Waals surface area contributed by atoms with Gasteiger partial charge in [0.2, 0.25) is 5.78 Å². The summed E-state index contributed by atoms with van der Waals surface area (Å²) in [5.41, 5.74) is -7.91. The fourth-order valence-corrected chi connectivity index (χ4v) is 52.5. The van der Waals surface area contributed by atoms with E-state index in [2.05, 4.69) is 181 Å². The average Bonchev–Trinajstić information content (AvgIpc) is 1.58. The van der Waals surface area contributed by atoms with E-state index in [0.717, 1.165) is 38.2 Å². The third-order valence-electron chi connectivity index (χ3n) is 26.2. The molecule has 8 fully saturated rings. The van der Waals surface area contributed by atoms with E-state index in [1.54, 1.807) is 6.92 Å². The van der Waals surface area contributed by atoms with E-state index < -0.39 is 236 Å². The van der Waals surface area contributed by atoms with Crippen LogP contribution in [0.4, 0.5) is 0 Å². The molecule has 0 aliphatic carbocycles. The molecule has 5 aromatic heterocycles. The van der Waals surface area contributed by atoms with Crippen LogP contribution in [0.3, 0.4) is 0 Å². The number of nitrogens with one attached hydrogen (secondary N) is 5. The number of halogens is 1. The Kier molecular flexibility index (Phi) is 48.0. The SMILES string of the molecule is C.C.C.C.CC(C)[Si]1(C(C)C)OC[C@H]2O[C@@H](n3ccc(=O)[nH]c3=O)C(=O)C2O[Si](C(C)C)(C(C)C)O1.CC(C)[Si]1(C(C)C)OC[C@H]2O[C@@H](n3ccc(=O)[nH]c3=O)[C@@H](O)C2O[Si](C(C)C)(C(C)C)O1.CC(C)[Si]1(C(C)C)OC[C@H]2O[C@@H](n3ccc(=O)[nH]c3=O)[C@@](C)(O)C2O[Si](C(C)C)(C(C)C)O1.C[C@]1(O)C(O)[C@@H](CO)O[C@H]1n1ccc(=O)[nH]c1=O.O=c1ccn([C@@H]2O[C@H](CO)[C@@H](O)[C@H]2O)c(=O)[nH]1.[Br-].[CH3-].[Mg+2]. The summed E-state index contributed by atoms with van der Waals surface area (Å²) in [6, 6.07) is 5.85. The van der Waals surface area contributed by atoms with Crippen LogP contribution in [0.25, 0.3) is 0 Å². The van der Waals surface area contributed by atoms with E-state index in [1.165, 1.54) is 52.8 Å². The van der Waals surface area contributed by atoms with Gasteiger partial charge in [-0.25, -0.2) is 24.0 Å². The number of Topliss-reactive ketones (excluding diaryl/α,β-unsaturated/α-hetero) is 1. The smallest absolute Gasteiger partial charge is 1.00 e. The van der Waals surface area contributed by atoms with E-state index >= 15 is 0 Å². The van der Waals surface area contributed by atoms with Crippen LogP contribution < -0.4 is 73.2 Å². The number of carbonyl (C=O) groups is 1. The van der Waals surface area contributed by atoms with Crippen LogP contribution in [-0.2, 0) is 67.4 Å². The predicted octanol–water partition coefficient (Wildman–Crippen LogP) is 3.16. The number of nitrogens with zero attached hydrogens (tertiary/aromatic N) is 5. The molecule has 0 amide bonds. The van der Waals surface area contributed by atoms with Crippen LogP contribution >= 0.6 is 0 Å². The maximum absolute atomic E-state index is 13.4. The van der Waals surface area contributed by atoms with Crippen molar-refractivity contribution in [3.8, 4) is 0 Å². The van der Waals surface area contributed by atoms with Gasteiger partial charge in [-0.3, -0.25) is 76.5 Å². The number of H-pyrrole nitrogens is 5. The van der Waals surface area contributed by atoms with Crippen LogP contribution in [0.1, 0.15) is 241 Å². The van der Waals surface area contributed by atoms with Crippen molar-refractivity contribution in [2.45, 2.75) is 392 Å². The van der Waals surface area contributed by atoms with Crippen molar-refractivity contribution < 1.29 is 125 Å². The third-order valence-corrected chi connectivity index (χ3v) is 56.9. The minimum absolute atomic E-state index is 0. The molecule has 43 nitrogen and oxygen atoms in total. The number of aromatic nitrogens is 10. The number of rotatable bonds is 19. The summed E-state index contributed by atoms with van der Waals surface area (Å²) in [5, 5.41) is 79.9. The Morgan fingerprint density at radius 1 is 0.360 bits per heavy atom. The maximum Gasteiger partial charge on any atom is 2.00 e. The zero-order valence-electron chi connectivity index (χ0n) is 82.2. The van der Waals surface area contributed by atoms with Crippen molar-refractivity contribution in [3.63, 3.8) is 0 Å². The summed E-state index contributed by atoms with van der Waals surface area (Å²) in [4.78, 5) is 141. The van der Waals surface area contributed by atoms with Crippen LogP contribution in [0, 0.1) is 7.43 Å². The molecule has 0 radical (unpaired) electrons. The number of hydrogen-bond acceptors (Lipinski definition) is 33. The zero-order chi connectivity index (χ0) is 99.0. The van der Waals surface area contributed by atoms with Crippen molar-refractivity contribution in [1.29, 1.82) is 0 Å². The molecule has 4 unspecified atom stereocenters. The molecule has 19 atom stereocenters. The average molecular weight is 2160 g/mol. The second-order valence-corrected chi connectivity index (χ2v) is 65.6. The largest absolute Gasteiger partial charge is 2.00 e. The molecular formula is C88H159BrMgN10O33Si6. The molecule has 8 aliphatic heterocycles. The molecule has 0 aromatic carbocycles. The van der Waals surface area contributed by atoms with Gasteiger partial charge in [0, 0.05) is 61.3 Å². The number of ether oxygens (including phenoxy) is 5. The van der Waals surface area contributed by atoms with Crippen molar-refractivity contribution in [2.75, 3.05) is 33.0 Å². The van der Waals surface area contributed by atoms with Gasteiger partial charge in [0.05, 0.1) is 33.0 Å². The van der Waals surface area contributed by atoms with Crippen molar-refractivity contribution >= 4 is 80.2 Å². The standard InChI is InChI=1S/C22H40N2O7Si2.C21H38N2O7Si2.C21H36N2O7Si2.C10H14N2O6.C9H12N2O6.4CH4.CH3.BrH.Mg/c1-13(2)32(14(3)4)28-12-17-19(30-33(31-32,15(5)6)16(7)8)22(9,27)20(29-17)24-11-10-18(25)23-21(24)26;2*1-12(2)31(13(3)4)27-11-16-19(29-32(30-31,14(5)6)15(7)8)18(25)20(28-16)23-10-9-17(24)22-21(23)26;1-10(17)7(15)5(4-13)18-8(10)12-3-2-6(14)11-9(12)16;12-3-4-6(14)7(15)8(17-4)11-2-1-5(13)10-9(11)16;;;;;;;/h10-11,13-17,19-20,27H,12H2,1-9H3,(H,23,25,26);9-10,12-16,18-20,25H,11H2,1-8H3,(H,22,24,26);9-10,12-16,19-20H,11H2,1-8H3,(H,22,24,26);2-3,5,7-8,13,15,17H,4H2,1H3,(H,11,14,16);1-2,4,6-8,12,14-15H,3H2,(H,10,13,16);4*1H4;1H3;1H;/q;;;;;;;;;-1;;+2/p-1/t17-,19?,20-,22+;16-,18+,19?,20-;16-,19?,20-;5-,7?,8-,10+;4-,6-,7-,8-;;;;;;;/m11111......./s1. The third kappa shape index (κ3) is 26.1. The number of aliphatic hydroxyl groups is 8. The van der Waals surface area contributed by atoms with Gasteiger partial charge in [0.15, 0.2) is 31.1 Å². The van der Waals surface area contributed by atoms with Gasteiger partial charge >= 0.3 is 103 Å². The molecule has 5 aromatic rings. The minimum Gasteiger partial charge on any atom is -1.00 e. The molecule has 13 heterocycles. The van der Waals surface area contributed by atoms with Gasteiger partial charge in [-0.1, -0.05) is 196 Å². The van der Waals surface area contributed by atoms with E-state index in [4.69, 9.17) is 72.8 Å². The summed E-state index contributed by atoms with van der Waals surface area (Å²) >= 11 is 0. The Balaban J connectivity index is 0.000000593. The number of fused-ring (bicyclic) bond motifs is 3. The van der Waals surface area contributed by atoms with Crippen molar-refractivity contribution in [2.24, 2.45) is 0 Å². The van der Waals surface area contributed by atoms with Gasteiger partial charge in [-0.2, -0.15) is 0 Å². The van der Waals surface area contributed by atoms with Gasteiger partial charge in [0.1, 0.15) is 84.4 Å². The molecular weight excluding hydrogens is 2000 g/mol. The van der Waals surface area contributed by atoms with Gasteiger partial charge in [0.25, 0.3) is 27.8 Å². The number of ketones is 1. The topological polar surface area (TPSA) is 582 Å². The summed E-state index contributed by atoms with van der Waals surface area (Å²) in [6.45, 7) is 53.2. The van der Waals surface area contributed by atoms with Gasteiger partial charge < -0.3 is 128 Å². The Morgan fingerprint density at radius 2 is 0.655 bits per heavy atom. The second kappa shape index (κ2) is 51.4. The van der Waals surface area contributed by atoms with E-state index in [-0.39, 0.29) is 169 Å². The van der Waals surface area contributed by atoms with Gasteiger partial charge in [-0.05, 0) is 80.3 Å². The van der Waals surface area contributed by atoms with E-state index in [9.17, 15) is 83.4 Å². The quantitative estimate of drug-likeness (QED) is 0.0417. The molecule has 13 N–H and O–H groups in total. The van der Waals surface area contributed by atoms with Crippen LogP contribution in [0.15, 0.2) is 109 Å². The molecule has 8 saturated heterocycles. The molecule has 0 saturated carbocycles. The number of hydrogen-bond donors (Lipinski definition) is 13. The molecule has 13 rings (SSSR count). The Hall–Kier alpha value is -5.26. The first-order valence-electron chi connectivity index (χ1n) is 45.1. The van der Waals surface area contributed by atoms with E-state index in [0.29, 0.717) is 0 Å². The normalized spacial score (nSPS) is 29.5. The fraction of sp³-hybridized carbons (Fsp3) is 0.750. The van der Waals surface area contributed by atoms with Crippen molar-refractivity contribution in [3.05, 3.63) is 173 Å². The number of carbonyl (C=O) groups excluding carboxylic acids is 1. The van der Waals surface area contributed by atoms with Gasteiger partial charge in [-0.15, -0.1) is 0 Å². The molecule has 0 spiro atoms. The van der Waals surface area contributed by atoms with Crippen LogP contribution in [0.5, 0.6) is 0 Å². The second-order valence-electron chi connectivity index (χ2n) is 39.0. The zero-order valence-corrected chi connectivity index (χ0v) is 91.2. The first-order chi connectivity index (χ1) is 61.3. The summed E-state index contributed by atoms with van der Waals surface area (Å²) < 4.78 is 95.9. The maximum atomic E-state index is 13.4. The monoisotopic (exact) mass is 2150 g/mol. The molecule has 8 aliphatic rings. The van der Waals surface area contributed by atoms with E-state index in [1.807, 2.05) is 9.97 Å². The summed E-state index contributed by atoms with van der Waals surface area (Å²) in [7, 11) is -17.1. The Labute approximate surface area is 845 Å². The first kappa shape index (κ1) is 130. The number of aromatic amines is 5. The number of aliphatic hydroxyl groups excluding tert-OH is 6. The molecule has 0 bridgehead atoms. The summed E-state index contributed by atoms with van der Waals surface area (Å²) in [5.74, 6) is -0.363. The minimum atomic E-state index is -2.97. The Bertz CT molecular complexity index is 5340. The van der Waals surface area contributed by atoms with Crippen molar-refractivity contribution in [1.82, 2.24) is 47.8 Å². The molecule has 139 heavy (non-hydrogen) atoms. The fourth-order valence-electron chi connectivity index (χ4n) is 18.9. The van der Waals surface area contributed by atoms with Crippen LogP contribution in [0.2, 0.25) is 66.5 Å². The predicted molar refractivity (Wildman–Crippen MR) is 531 cm³/mol. The summed E-state index contributed by atoms with van der Waals surface area (Å²) in [6.07, 6.45) is -10.5. The molecule has 792 valence electrons. The Morgan fingerprint density at radius 3 is 0.971 bits per heavy atom.